The van der Waals surface area contributed by atoms with Gasteiger partial charge in [-0.25, -0.2) is 0 Å². The zero-order valence-electron chi connectivity index (χ0n) is 6.43. The Hall–Kier alpha value is -2.22. The molecule has 0 aliphatic heterocycles. The molecule has 13 heavy (non-hydrogen) atoms. The quantitative estimate of drug-likeness (QED) is 0.271. The van der Waals surface area contributed by atoms with Crippen molar-refractivity contribution in [2.24, 2.45) is 0 Å². The number of hydrogen-bond donors (Lipinski definition) is 0. The molecule has 0 spiro atoms. The van der Waals surface area contributed by atoms with Gasteiger partial charge in [-0.15, -0.1) is 0 Å². The number of nitro groups is 1. The Labute approximate surface area is 73.6 Å². The lowest BCUT2D eigenvalue weighted by Crippen LogP contribution is -1.94. The van der Waals surface area contributed by atoms with Crippen LogP contribution in [0.4, 0.5) is 5.82 Å². The maximum Gasteiger partial charge on any atom is 0.379 e. The van der Waals surface area contributed by atoms with Crippen molar-refractivity contribution in [3.05, 3.63) is 34.0 Å². The van der Waals surface area contributed by atoms with E-state index < -0.39 is 4.92 Å². The van der Waals surface area contributed by atoms with Crippen LogP contribution in [0.3, 0.4) is 0 Å². The topological polar surface area (TPSA) is 73.1 Å². The van der Waals surface area contributed by atoms with E-state index in [1.54, 1.807) is 0 Å². The highest BCUT2D eigenvalue weighted by molar-refractivity contribution is 5.74. The van der Waals surface area contributed by atoms with Crippen LogP contribution in [0.25, 0.3) is 0 Å². The van der Waals surface area contributed by atoms with Crippen molar-refractivity contribution in [1.29, 1.82) is 0 Å². The fourth-order valence-corrected chi connectivity index (χ4v) is 0.747. The first-order chi connectivity index (χ1) is 6.25. The molecule has 0 atom stereocenters. The molecule has 0 N–H and O–H groups in total. The average Bonchev–Trinajstić information content (AvgIpc) is 2.15. The second-order valence-electron chi connectivity index (χ2n) is 2.02. The molecular weight excluding hydrogens is 172 g/mol. The van der Waals surface area contributed by atoms with E-state index in [-0.39, 0.29) is 11.4 Å². The first-order valence-electron chi connectivity index (χ1n) is 3.30. The van der Waals surface area contributed by atoms with E-state index in [9.17, 15) is 14.9 Å². The van der Waals surface area contributed by atoms with Gasteiger partial charge in [-0.1, -0.05) is 0 Å². The van der Waals surface area contributed by atoms with Crippen LogP contribution in [0.5, 0.6) is 0 Å². The lowest BCUT2D eigenvalue weighted by atomic mass is 10.2. The first-order valence-corrected chi connectivity index (χ1v) is 3.30. The minimum atomic E-state index is -0.644. The Morgan fingerprint density at radius 2 is 2.38 bits per heavy atom. The Morgan fingerprint density at radius 3 is 3.00 bits per heavy atom. The van der Waals surface area contributed by atoms with Crippen molar-refractivity contribution >= 4 is 12.1 Å². The monoisotopic (exact) mass is 176 g/mol. The van der Waals surface area contributed by atoms with Gasteiger partial charge >= 0.3 is 5.82 Å². The summed E-state index contributed by atoms with van der Waals surface area (Å²) in [4.78, 5) is 23.1. The van der Waals surface area contributed by atoms with E-state index in [0.717, 1.165) is 0 Å². The lowest BCUT2D eigenvalue weighted by molar-refractivity contribution is -0.389. The summed E-state index contributed by atoms with van der Waals surface area (Å²) in [6.45, 7) is 0. The van der Waals surface area contributed by atoms with E-state index in [2.05, 4.69) is 16.8 Å². The summed E-state index contributed by atoms with van der Waals surface area (Å²) in [5.74, 6) is 4.07. The molecule has 0 fully saturated rings. The molecule has 5 nitrogen and oxygen atoms in total. The van der Waals surface area contributed by atoms with Crippen LogP contribution in [-0.2, 0) is 4.79 Å². The lowest BCUT2D eigenvalue weighted by Gasteiger charge is -1.92. The molecule has 64 valence electrons. The van der Waals surface area contributed by atoms with E-state index >= 15 is 0 Å². The Bertz CT molecular complexity index is 403. The summed E-state index contributed by atoms with van der Waals surface area (Å²) < 4.78 is 0. The van der Waals surface area contributed by atoms with E-state index in [0.29, 0.717) is 6.29 Å². The number of carbonyl (C=O) groups excluding carboxylic acids is 1. The van der Waals surface area contributed by atoms with Crippen LogP contribution < -0.4 is 0 Å². The molecule has 1 aromatic rings. The van der Waals surface area contributed by atoms with E-state index in [4.69, 9.17) is 0 Å². The molecule has 5 heteroatoms. The van der Waals surface area contributed by atoms with Gasteiger partial charge in [-0.05, 0) is 33.9 Å². The van der Waals surface area contributed by atoms with Gasteiger partial charge in [0.25, 0.3) is 0 Å². The van der Waals surface area contributed by atoms with Gasteiger partial charge in [0, 0.05) is 0 Å². The van der Waals surface area contributed by atoms with Crippen molar-refractivity contribution in [2.45, 2.75) is 0 Å². The molecule has 0 unspecified atom stereocenters. The van der Waals surface area contributed by atoms with Gasteiger partial charge in [-0.3, -0.25) is 4.79 Å². The zero-order chi connectivity index (χ0) is 9.68. The average molecular weight is 176 g/mol. The fourth-order valence-electron chi connectivity index (χ4n) is 0.747. The zero-order valence-corrected chi connectivity index (χ0v) is 6.43. The fraction of sp³-hybridized carbons (Fsp3) is 0. The Morgan fingerprint density at radius 1 is 1.62 bits per heavy atom. The highest BCUT2D eigenvalue weighted by atomic mass is 16.6. The second kappa shape index (κ2) is 3.97. The standard InChI is InChI=1S/C8H4N2O3/c11-6-2-4-7-3-1-5-9-8(7)10(12)13/h1,3,5-6H. The molecule has 0 aliphatic carbocycles. The third kappa shape index (κ3) is 2.10. The summed E-state index contributed by atoms with van der Waals surface area (Å²) in [6.07, 6.45) is 1.67. The van der Waals surface area contributed by atoms with Gasteiger partial charge in [-0.2, -0.15) is 0 Å². The predicted octanol–water partition coefficient (Wildman–Crippen LogP) is 0.540. The minimum Gasteiger partial charge on any atom is -0.358 e. The summed E-state index contributed by atoms with van der Waals surface area (Å²) in [7, 11) is 0. The van der Waals surface area contributed by atoms with Crippen molar-refractivity contribution in [2.75, 3.05) is 0 Å². The molecule has 0 saturated heterocycles. The maximum atomic E-state index is 10.4. The summed E-state index contributed by atoms with van der Waals surface area (Å²) in [5.41, 5.74) is 0.139. The highest BCUT2D eigenvalue weighted by Crippen LogP contribution is 2.11. The number of hydrogen-bond acceptors (Lipinski definition) is 4. The summed E-state index contributed by atoms with van der Waals surface area (Å²) in [5, 5.41) is 10.4. The maximum absolute atomic E-state index is 10.4. The van der Waals surface area contributed by atoms with Crippen molar-refractivity contribution in [3.8, 4) is 11.8 Å². The predicted molar refractivity (Wildman–Crippen MR) is 43.8 cm³/mol. The van der Waals surface area contributed by atoms with Crippen molar-refractivity contribution in [3.63, 3.8) is 0 Å². The largest absolute Gasteiger partial charge is 0.379 e. The number of nitrogens with zero attached hydrogens (tertiary/aromatic N) is 2. The molecule has 0 amide bonds. The van der Waals surface area contributed by atoms with Gasteiger partial charge < -0.3 is 10.1 Å². The Balaban J connectivity index is 3.19. The van der Waals surface area contributed by atoms with Gasteiger partial charge in [0.2, 0.25) is 0 Å². The first kappa shape index (κ1) is 8.87. The van der Waals surface area contributed by atoms with Crippen LogP contribution in [0, 0.1) is 22.0 Å². The molecule has 0 aromatic carbocycles. The smallest absolute Gasteiger partial charge is 0.358 e. The van der Waals surface area contributed by atoms with E-state index in [1.165, 1.54) is 18.3 Å². The second-order valence-corrected chi connectivity index (χ2v) is 2.02. The van der Waals surface area contributed by atoms with Gasteiger partial charge in [0.15, 0.2) is 6.29 Å². The van der Waals surface area contributed by atoms with Crippen LogP contribution in [0.1, 0.15) is 5.56 Å². The third-order valence-electron chi connectivity index (χ3n) is 1.23. The molecule has 1 heterocycles. The number of aromatic nitrogens is 1. The Kier molecular flexibility index (Phi) is 2.71. The minimum absolute atomic E-state index is 0.139. The van der Waals surface area contributed by atoms with Crippen molar-refractivity contribution in [1.82, 2.24) is 4.98 Å². The van der Waals surface area contributed by atoms with Crippen molar-refractivity contribution < 1.29 is 9.72 Å². The number of pyridine rings is 1. The number of aldehydes is 1. The molecule has 0 aliphatic rings. The van der Waals surface area contributed by atoms with Crippen LogP contribution in [-0.4, -0.2) is 16.2 Å². The molecule has 1 aromatic heterocycles. The third-order valence-corrected chi connectivity index (χ3v) is 1.23. The molecule has 1 rings (SSSR count). The van der Waals surface area contributed by atoms with Gasteiger partial charge in [0.05, 0.1) is 0 Å². The highest BCUT2D eigenvalue weighted by Gasteiger charge is 2.10. The normalized spacial score (nSPS) is 8.31. The molecule has 0 bridgehead atoms. The van der Waals surface area contributed by atoms with Crippen LogP contribution in [0.15, 0.2) is 18.3 Å². The molecular formula is C8H4N2O3. The number of rotatable bonds is 1. The van der Waals surface area contributed by atoms with Crippen LogP contribution >= 0.6 is 0 Å². The molecule has 0 radical (unpaired) electrons. The summed E-state index contributed by atoms with van der Waals surface area (Å²) in [6, 6.07) is 2.95. The SMILES string of the molecule is O=CC#Cc1cccnc1[N+](=O)[O-]. The van der Waals surface area contributed by atoms with Gasteiger partial charge in [0.1, 0.15) is 11.8 Å². The summed E-state index contributed by atoms with van der Waals surface area (Å²) >= 11 is 0. The number of carbonyl (C=O) groups is 1. The van der Waals surface area contributed by atoms with E-state index in [1.807, 2.05) is 0 Å². The van der Waals surface area contributed by atoms with Crippen LogP contribution in [0.2, 0.25) is 0 Å². The molecule has 0 saturated carbocycles.